The first-order valence-corrected chi connectivity index (χ1v) is 13.5. The summed E-state index contributed by atoms with van der Waals surface area (Å²) in [7, 11) is 0. The molecule has 1 aliphatic heterocycles. The number of carbonyl (C=O) groups is 3. The minimum Gasteiger partial charge on any atom is -0.340 e. The molecule has 0 saturated carbocycles. The lowest BCUT2D eigenvalue weighted by atomic mass is 9.84. The van der Waals surface area contributed by atoms with Crippen LogP contribution in [0.1, 0.15) is 67.0 Å². The zero-order valence-electron chi connectivity index (χ0n) is 24.8. The molecular formula is C28H40ClF3N6O3. The van der Waals surface area contributed by atoms with Crippen LogP contribution in [0.15, 0.2) is 24.4 Å². The first kappa shape index (κ1) is 37.5. The molecule has 9 nitrogen and oxygen atoms in total. The van der Waals surface area contributed by atoms with E-state index in [4.69, 9.17) is 16.9 Å². The average molecular weight is 601 g/mol. The number of carbonyl (C=O) groups excluding carboxylic acids is 3. The van der Waals surface area contributed by atoms with Gasteiger partial charge in [-0.25, -0.2) is 0 Å². The molecule has 1 aromatic carbocycles. The van der Waals surface area contributed by atoms with Crippen molar-refractivity contribution in [2.24, 2.45) is 17.3 Å². The average Bonchev–Trinajstić information content (AvgIpc) is 3.18. The number of halogens is 4. The van der Waals surface area contributed by atoms with Gasteiger partial charge in [-0.05, 0) is 28.9 Å². The number of aromatic nitrogens is 2. The smallest absolute Gasteiger partial charge is 0.340 e. The molecule has 2 N–H and O–H groups in total. The second-order valence-corrected chi connectivity index (χ2v) is 10.8. The maximum Gasteiger partial charge on any atom is 0.471 e. The van der Waals surface area contributed by atoms with E-state index in [0.29, 0.717) is 41.0 Å². The van der Waals surface area contributed by atoms with Crippen LogP contribution in [0.3, 0.4) is 0 Å². The van der Waals surface area contributed by atoms with Crippen molar-refractivity contribution < 1.29 is 27.6 Å². The van der Waals surface area contributed by atoms with Gasteiger partial charge in [0.05, 0.1) is 29.4 Å². The number of nitriles is 1. The number of hydrogen-bond acceptors (Lipinski definition) is 6. The van der Waals surface area contributed by atoms with E-state index in [1.54, 1.807) is 23.5 Å². The van der Waals surface area contributed by atoms with Crippen LogP contribution < -0.4 is 10.6 Å². The number of fused-ring (bicyclic) bond motifs is 1. The molecule has 0 bridgehead atoms. The molecule has 1 aliphatic rings. The van der Waals surface area contributed by atoms with E-state index in [1.807, 2.05) is 40.7 Å². The van der Waals surface area contributed by atoms with Gasteiger partial charge in [0.1, 0.15) is 6.04 Å². The van der Waals surface area contributed by atoms with Crippen LogP contribution in [-0.2, 0) is 14.4 Å². The highest BCUT2D eigenvalue weighted by molar-refractivity contribution is 6.35. The predicted molar refractivity (Wildman–Crippen MR) is 153 cm³/mol. The zero-order chi connectivity index (χ0) is 32.0. The van der Waals surface area contributed by atoms with Crippen molar-refractivity contribution in [1.82, 2.24) is 25.7 Å². The highest BCUT2D eigenvalue weighted by Crippen LogP contribution is 2.34. The monoisotopic (exact) mass is 600 g/mol. The molecule has 0 spiro atoms. The molecule has 228 valence electrons. The maximum absolute atomic E-state index is 11.9. The SMILES string of the molecule is CC.CC(C)C.C[C@H]1CN(C(=O)CNC(=O)C(F)(F)F)CC1(C)C.N#CC(NC=O)c1cccc2nncc(Cl)c12. The standard InChI is InChI=1S/C11H7ClN4O.C11H17F3N2O2.C4H10.C2H6/c12-8-5-15-16-9-3-1-2-7(11(8)9)10(4-13)14-6-17;1-7-5-16(6-10(7,2)3)8(17)4-15-9(18)11(12,13)14;1-4(2)3;1-2/h1-3,5-6,10H,(H,14,17);7H,4-6H2,1-3H3,(H,15,18);4H,1-3H3;1-2H3/t;7-;;/m.0../s1. The van der Waals surface area contributed by atoms with E-state index in [9.17, 15) is 27.6 Å². The zero-order valence-corrected chi connectivity index (χ0v) is 25.5. The normalized spacial score (nSPS) is 16.0. The van der Waals surface area contributed by atoms with Gasteiger partial charge < -0.3 is 15.5 Å². The van der Waals surface area contributed by atoms with Crippen LogP contribution in [-0.4, -0.2) is 59.1 Å². The molecule has 3 rings (SSSR count). The van der Waals surface area contributed by atoms with Gasteiger partial charge in [-0.2, -0.15) is 28.6 Å². The second-order valence-electron chi connectivity index (χ2n) is 10.4. The molecule has 0 radical (unpaired) electrons. The Labute approximate surface area is 244 Å². The van der Waals surface area contributed by atoms with Gasteiger partial charge in [0.2, 0.25) is 12.3 Å². The number of hydrogen-bond donors (Lipinski definition) is 2. The minimum absolute atomic E-state index is 0.0519. The van der Waals surface area contributed by atoms with Crippen molar-refractivity contribution in [2.75, 3.05) is 19.6 Å². The Balaban J connectivity index is 0.000000656. The van der Waals surface area contributed by atoms with Gasteiger partial charge in [0, 0.05) is 18.5 Å². The van der Waals surface area contributed by atoms with Gasteiger partial charge in [-0.1, -0.05) is 79.1 Å². The number of benzene rings is 1. The van der Waals surface area contributed by atoms with Crippen LogP contribution in [0.4, 0.5) is 13.2 Å². The fourth-order valence-electron chi connectivity index (χ4n) is 3.46. The van der Waals surface area contributed by atoms with E-state index in [0.717, 1.165) is 5.92 Å². The molecule has 1 aromatic heterocycles. The molecule has 1 saturated heterocycles. The number of amides is 3. The summed E-state index contributed by atoms with van der Waals surface area (Å²) in [6, 6.07) is 6.44. The number of nitrogens with one attached hydrogen (secondary N) is 2. The van der Waals surface area contributed by atoms with Crippen molar-refractivity contribution in [3.8, 4) is 6.07 Å². The van der Waals surface area contributed by atoms with Crippen LogP contribution in [0.2, 0.25) is 5.02 Å². The Morgan fingerprint density at radius 2 is 1.85 bits per heavy atom. The third kappa shape index (κ3) is 12.3. The Hall–Kier alpha value is -3.46. The quantitative estimate of drug-likeness (QED) is 0.439. The van der Waals surface area contributed by atoms with Gasteiger partial charge in [0.15, 0.2) is 0 Å². The van der Waals surface area contributed by atoms with Gasteiger partial charge in [0.25, 0.3) is 0 Å². The van der Waals surface area contributed by atoms with Crippen molar-refractivity contribution in [3.63, 3.8) is 0 Å². The summed E-state index contributed by atoms with van der Waals surface area (Å²) in [6.07, 6.45) is -3.06. The Bertz CT molecular complexity index is 1180. The van der Waals surface area contributed by atoms with E-state index in [2.05, 4.69) is 36.3 Å². The Morgan fingerprint density at radius 1 is 1.27 bits per heavy atom. The highest BCUT2D eigenvalue weighted by Gasteiger charge is 2.41. The number of nitrogens with zero attached hydrogens (tertiary/aromatic N) is 4. The van der Waals surface area contributed by atoms with Crippen molar-refractivity contribution >= 4 is 40.7 Å². The molecule has 1 unspecified atom stereocenters. The fourth-order valence-corrected chi connectivity index (χ4v) is 3.71. The van der Waals surface area contributed by atoms with Crippen molar-refractivity contribution in [2.45, 2.75) is 67.6 Å². The van der Waals surface area contributed by atoms with Crippen LogP contribution >= 0.6 is 11.6 Å². The summed E-state index contributed by atoms with van der Waals surface area (Å²) in [6.45, 7) is 16.9. The third-order valence-corrected chi connectivity index (χ3v) is 6.05. The van der Waals surface area contributed by atoms with E-state index < -0.39 is 30.6 Å². The summed E-state index contributed by atoms with van der Waals surface area (Å²) in [4.78, 5) is 34.2. The topological polar surface area (TPSA) is 128 Å². The summed E-state index contributed by atoms with van der Waals surface area (Å²) >= 11 is 6.04. The highest BCUT2D eigenvalue weighted by atomic mass is 35.5. The van der Waals surface area contributed by atoms with E-state index in [1.165, 1.54) is 11.1 Å². The van der Waals surface area contributed by atoms with Crippen molar-refractivity contribution in [1.29, 1.82) is 5.26 Å². The summed E-state index contributed by atoms with van der Waals surface area (Å²) in [5.74, 6) is -1.45. The molecule has 1 fully saturated rings. The Kier molecular flexibility index (Phi) is 15.9. The first-order chi connectivity index (χ1) is 19.0. The molecule has 13 heteroatoms. The second kappa shape index (κ2) is 17.4. The molecule has 0 aliphatic carbocycles. The van der Waals surface area contributed by atoms with Gasteiger partial charge in [-0.3, -0.25) is 14.4 Å². The lowest BCUT2D eigenvalue weighted by molar-refractivity contribution is -0.174. The Morgan fingerprint density at radius 3 is 2.32 bits per heavy atom. The van der Waals surface area contributed by atoms with E-state index >= 15 is 0 Å². The predicted octanol–water partition coefficient (Wildman–Crippen LogP) is 5.45. The molecule has 2 heterocycles. The molecular weight excluding hydrogens is 561 g/mol. The van der Waals surface area contributed by atoms with Crippen LogP contribution in [0, 0.1) is 28.6 Å². The molecule has 2 aromatic rings. The number of rotatable bonds is 5. The summed E-state index contributed by atoms with van der Waals surface area (Å²) in [5.41, 5.74) is 1.14. The number of alkyl halides is 3. The number of likely N-dealkylation sites (tertiary alicyclic amines) is 1. The third-order valence-electron chi connectivity index (χ3n) is 5.76. The van der Waals surface area contributed by atoms with E-state index in [-0.39, 0.29) is 11.3 Å². The lowest BCUT2D eigenvalue weighted by Crippen LogP contribution is -2.44. The van der Waals surface area contributed by atoms with Gasteiger partial charge >= 0.3 is 12.1 Å². The van der Waals surface area contributed by atoms with Crippen LogP contribution in [0.5, 0.6) is 0 Å². The lowest BCUT2D eigenvalue weighted by Gasteiger charge is -2.22. The minimum atomic E-state index is -4.95. The maximum atomic E-state index is 11.9. The van der Waals surface area contributed by atoms with Crippen LogP contribution in [0.25, 0.3) is 10.9 Å². The first-order valence-electron chi connectivity index (χ1n) is 13.2. The molecule has 3 amide bonds. The molecule has 41 heavy (non-hydrogen) atoms. The fraction of sp³-hybridized carbons (Fsp3) is 0.571. The van der Waals surface area contributed by atoms with Gasteiger partial charge in [-0.15, -0.1) is 0 Å². The molecule has 2 atom stereocenters. The largest absolute Gasteiger partial charge is 0.471 e. The summed E-state index contributed by atoms with van der Waals surface area (Å²) < 4.78 is 35.8. The summed E-state index contributed by atoms with van der Waals surface area (Å²) in [5, 5.41) is 21.7. The van der Waals surface area contributed by atoms with Crippen molar-refractivity contribution in [3.05, 3.63) is 35.0 Å².